The van der Waals surface area contributed by atoms with Crippen molar-refractivity contribution < 1.29 is 22.7 Å². The molecule has 0 aliphatic heterocycles. The van der Waals surface area contributed by atoms with E-state index in [1.807, 2.05) is 0 Å². The van der Waals surface area contributed by atoms with Gasteiger partial charge < -0.3 is 5.11 Å². The highest BCUT2D eigenvalue weighted by molar-refractivity contribution is 5.29. The lowest BCUT2D eigenvalue weighted by Gasteiger charge is -2.13. The highest BCUT2D eigenvalue weighted by Gasteiger charge is 2.34. The van der Waals surface area contributed by atoms with E-state index in [9.17, 15) is 22.7 Å². The Hall–Kier alpha value is -1.95. The Morgan fingerprint density at radius 3 is 2.30 bits per heavy atom. The van der Waals surface area contributed by atoms with E-state index >= 15 is 0 Å². The number of hydrogen-bond acceptors (Lipinski definition) is 2. The van der Waals surface area contributed by atoms with Gasteiger partial charge in [-0.25, -0.2) is 4.39 Å². The third kappa shape index (κ3) is 3.33. The molecular formula is C14H11F4NO. The van der Waals surface area contributed by atoms with Crippen LogP contribution in [0.3, 0.4) is 0 Å². The fourth-order valence-corrected chi connectivity index (χ4v) is 1.83. The van der Waals surface area contributed by atoms with Crippen molar-refractivity contribution in [3.8, 4) is 0 Å². The molecule has 2 rings (SSSR count). The van der Waals surface area contributed by atoms with Gasteiger partial charge in [-0.3, -0.25) is 4.98 Å². The Bertz CT molecular complexity index is 583. The van der Waals surface area contributed by atoms with Gasteiger partial charge in [-0.2, -0.15) is 13.2 Å². The Kier molecular flexibility index (Phi) is 4.04. The molecule has 1 N–H and O–H groups in total. The zero-order chi connectivity index (χ0) is 14.8. The number of benzene rings is 1. The minimum atomic E-state index is -4.74. The van der Waals surface area contributed by atoms with Crippen molar-refractivity contribution in [1.29, 1.82) is 0 Å². The van der Waals surface area contributed by atoms with Crippen LogP contribution in [0.4, 0.5) is 17.6 Å². The summed E-state index contributed by atoms with van der Waals surface area (Å²) in [5, 5.41) is 9.92. The van der Waals surface area contributed by atoms with Gasteiger partial charge in [0.2, 0.25) is 0 Å². The Labute approximate surface area is 112 Å². The second-order valence-electron chi connectivity index (χ2n) is 4.31. The predicted octanol–water partition coefficient (Wildman–Crippen LogP) is 3.52. The summed E-state index contributed by atoms with van der Waals surface area (Å²) < 4.78 is 50.7. The molecule has 1 unspecified atom stereocenters. The minimum Gasteiger partial charge on any atom is -0.388 e. The molecule has 0 radical (unpaired) electrons. The monoisotopic (exact) mass is 285 g/mol. The van der Waals surface area contributed by atoms with Gasteiger partial charge in [0.15, 0.2) is 0 Å². The fourth-order valence-electron chi connectivity index (χ4n) is 1.83. The minimum absolute atomic E-state index is 0.104. The molecule has 1 heterocycles. The van der Waals surface area contributed by atoms with E-state index in [1.165, 1.54) is 12.4 Å². The van der Waals surface area contributed by atoms with E-state index in [4.69, 9.17) is 0 Å². The second-order valence-corrected chi connectivity index (χ2v) is 4.31. The van der Waals surface area contributed by atoms with Gasteiger partial charge in [-0.1, -0.05) is 6.07 Å². The molecule has 1 aromatic carbocycles. The number of aliphatic hydroxyl groups excluding tert-OH is 1. The third-order valence-electron chi connectivity index (χ3n) is 2.86. The molecule has 0 fully saturated rings. The first-order chi connectivity index (χ1) is 9.38. The summed E-state index contributed by atoms with van der Waals surface area (Å²) >= 11 is 0. The molecule has 0 aliphatic rings. The summed E-state index contributed by atoms with van der Waals surface area (Å²) in [5.74, 6) is -1.39. The van der Waals surface area contributed by atoms with Crippen molar-refractivity contribution in [2.45, 2.75) is 18.7 Å². The lowest BCUT2D eigenvalue weighted by atomic mass is 10.0. The smallest absolute Gasteiger partial charge is 0.388 e. The van der Waals surface area contributed by atoms with Gasteiger partial charge in [0.05, 0.1) is 11.7 Å². The molecule has 0 saturated carbocycles. The molecule has 1 aromatic heterocycles. The molecule has 0 saturated heterocycles. The van der Waals surface area contributed by atoms with Crippen molar-refractivity contribution in [1.82, 2.24) is 4.98 Å². The number of aliphatic hydroxyl groups is 1. The van der Waals surface area contributed by atoms with Crippen LogP contribution in [-0.4, -0.2) is 10.1 Å². The first-order valence-electron chi connectivity index (χ1n) is 5.81. The van der Waals surface area contributed by atoms with Crippen molar-refractivity contribution >= 4 is 0 Å². The van der Waals surface area contributed by atoms with E-state index in [0.29, 0.717) is 12.1 Å². The molecular weight excluding hydrogens is 274 g/mol. The van der Waals surface area contributed by atoms with Crippen LogP contribution >= 0.6 is 0 Å². The SMILES string of the molecule is OC(Cc1ccncc1)c1ccc(C(F)(F)F)c(F)c1. The molecule has 0 aliphatic carbocycles. The number of nitrogens with zero attached hydrogens (tertiary/aromatic N) is 1. The molecule has 106 valence electrons. The summed E-state index contributed by atoms with van der Waals surface area (Å²) in [6.45, 7) is 0. The number of pyridine rings is 1. The first kappa shape index (κ1) is 14.5. The summed E-state index contributed by atoms with van der Waals surface area (Å²) in [6.07, 6.45) is -2.56. The topological polar surface area (TPSA) is 33.1 Å². The lowest BCUT2D eigenvalue weighted by Crippen LogP contribution is -2.10. The van der Waals surface area contributed by atoms with E-state index < -0.39 is 23.7 Å². The summed E-state index contributed by atoms with van der Waals surface area (Å²) in [5.41, 5.74) is -0.475. The molecule has 0 bridgehead atoms. The first-order valence-corrected chi connectivity index (χ1v) is 5.81. The second kappa shape index (κ2) is 5.58. The summed E-state index contributed by atoms with van der Waals surface area (Å²) in [4.78, 5) is 3.81. The quantitative estimate of drug-likeness (QED) is 0.875. The average Bonchev–Trinajstić information content (AvgIpc) is 2.38. The molecule has 1 atom stereocenters. The molecule has 0 amide bonds. The Balaban J connectivity index is 2.19. The number of alkyl halides is 3. The van der Waals surface area contributed by atoms with Crippen molar-refractivity contribution in [2.24, 2.45) is 0 Å². The summed E-state index contributed by atoms with van der Waals surface area (Å²) in [7, 11) is 0. The van der Waals surface area contributed by atoms with E-state index in [2.05, 4.69) is 4.98 Å². The molecule has 2 aromatic rings. The lowest BCUT2D eigenvalue weighted by molar-refractivity contribution is -0.140. The molecule has 0 spiro atoms. The maximum Gasteiger partial charge on any atom is 0.419 e. The van der Waals surface area contributed by atoms with Crippen LogP contribution in [0, 0.1) is 5.82 Å². The van der Waals surface area contributed by atoms with Gasteiger partial charge >= 0.3 is 6.18 Å². The van der Waals surface area contributed by atoms with Crippen LogP contribution in [0.5, 0.6) is 0 Å². The third-order valence-corrected chi connectivity index (χ3v) is 2.86. The normalized spacial score (nSPS) is 13.2. The van der Waals surface area contributed by atoms with Gasteiger partial charge in [-0.15, -0.1) is 0 Å². The number of halogens is 4. The summed E-state index contributed by atoms with van der Waals surface area (Å²) in [6, 6.07) is 5.78. The zero-order valence-corrected chi connectivity index (χ0v) is 10.2. The number of aromatic nitrogens is 1. The maximum atomic E-state index is 13.4. The largest absolute Gasteiger partial charge is 0.419 e. The van der Waals surface area contributed by atoms with Crippen LogP contribution in [0.15, 0.2) is 42.7 Å². The number of hydrogen-bond donors (Lipinski definition) is 1. The van der Waals surface area contributed by atoms with E-state index in [1.54, 1.807) is 12.1 Å². The average molecular weight is 285 g/mol. The molecule has 20 heavy (non-hydrogen) atoms. The van der Waals surface area contributed by atoms with Gasteiger partial charge in [0.1, 0.15) is 5.82 Å². The van der Waals surface area contributed by atoms with E-state index in [0.717, 1.165) is 11.6 Å². The van der Waals surface area contributed by atoms with Crippen LogP contribution in [0.2, 0.25) is 0 Å². The van der Waals surface area contributed by atoms with Gasteiger partial charge in [0, 0.05) is 18.8 Å². The maximum absolute atomic E-state index is 13.4. The van der Waals surface area contributed by atoms with Crippen LogP contribution < -0.4 is 0 Å². The highest BCUT2D eigenvalue weighted by atomic mass is 19.4. The van der Waals surface area contributed by atoms with Crippen LogP contribution in [0.1, 0.15) is 22.8 Å². The highest BCUT2D eigenvalue weighted by Crippen LogP contribution is 2.32. The number of rotatable bonds is 3. The molecule has 2 nitrogen and oxygen atoms in total. The van der Waals surface area contributed by atoms with E-state index in [-0.39, 0.29) is 12.0 Å². The Morgan fingerprint density at radius 2 is 1.75 bits per heavy atom. The fraction of sp³-hybridized carbons (Fsp3) is 0.214. The van der Waals surface area contributed by atoms with Crippen LogP contribution in [-0.2, 0) is 12.6 Å². The van der Waals surface area contributed by atoms with Gasteiger partial charge in [0.25, 0.3) is 0 Å². The van der Waals surface area contributed by atoms with Crippen molar-refractivity contribution in [3.05, 3.63) is 65.2 Å². The van der Waals surface area contributed by atoms with Gasteiger partial charge in [-0.05, 0) is 35.4 Å². The van der Waals surface area contributed by atoms with Crippen molar-refractivity contribution in [3.63, 3.8) is 0 Å². The zero-order valence-electron chi connectivity index (χ0n) is 10.2. The van der Waals surface area contributed by atoms with Crippen LogP contribution in [0.25, 0.3) is 0 Å². The van der Waals surface area contributed by atoms with Crippen molar-refractivity contribution in [2.75, 3.05) is 0 Å². The predicted molar refractivity (Wildman–Crippen MR) is 64.3 cm³/mol. The standard InChI is InChI=1S/C14H11F4NO/c15-12-8-10(1-2-11(12)14(16,17)18)13(20)7-9-3-5-19-6-4-9/h1-6,8,13,20H,7H2. The molecule has 6 heteroatoms. The Morgan fingerprint density at radius 1 is 1.10 bits per heavy atom.